The van der Waals surface area contributed by atoms with E-state index >= 15 is 0 Å². The molecule has 1 aromatic rings. The third-order valence-electron chi connectivity index (χ3n) is 3.92. The van der Waals surface area contributed by atoms with Crippen LogP contribution in [0, 0.1) is 5.41 Å². The van der Waals surface area contributed by atoms with Crippen LogP contribution in [0.4, 0.5) is 4.79 Å². The van der Waals surface area contributed by atoms with Gasteiger partial charge >= 0.3 is 6.03 Å². The lowest BCUT2D eigenvalue weighted by molar-refractivity contribution is 0.0917. The maximum absolute atomic E-state index is 12.1. The molecule has 5 heteroatoms. The van der Waals surface area contributed by atoms with E-state index in [1.165, 1.54) is 0 Å². The average Bonchev–Trinajstić information content (AvgIpc) is 2.53. The molecule has 0 spiro atoms. The second-order valence-corrected chi connectivity index (χ2v) is 7.32. The second kappa shape index (κ2) is 7.49. The third-order valence-corrected chi connectivity index (χ3v) is 3.92. The first-order valence-electron chi connectivity index (χ1n) is 8.24. The van der Waals surface area contributed by atoms with E-state index in [4.69, 9.17) is 0 Å². The number of likely N-dealkylation sites (tertiary alicyclic amines) is 1. The Balaban J connectivity index is 1.75. The Morgan fingerprint density at radius 3 is 2.30 bits per heavy atom. The summed E-state index contributed by atoms with van der Waals surface area (Å²) in [7, 11) is 0. The molecule has 0 bridgehead atoms. The highest BCUT2D eigenvalue weighted by Crippen LogP contribution is 2.13. The van der Waals surface area contributed by atoms with Crippen molar-refractivity contribution in [3.8, 4) is 0 Å². The number of nitrogens with one attached hydrogen (secondary N) is 2. The summed E-state index contributed by atoms with van der Waals surface area (Å²) in [6.45, 7) is 8.30. The Bertz CT molecular complexity index is 529. The first-order chi connectivity index (χ1) is 10.8. The minimum Gasteiger partial charge on any atom is -0.349 e. The standard InChI is InChI=1S/C18H27N3O2/c1-18(2,3)13-19-17(23)21-11-9-15(10-12-21)20-16(22)14-7-5-4-6-8-14/h4-8,15H,9-13H2,1-3H3,(H,19,23)(H,20,22). The van der Waals surface area contributed by atoms with Gasteiger partial charge in [0.25, 0.3) is 5.91 Å². The Morgan fingerprint density at radius 1 is 1.13 bits per heavy atom. The monoisotopic (exact) mass is 317 g/mol. The normalized spacial score (nSPS) is 16.0. The van der Waals surface area contributed by atoms with Gasteiger partial charge in [-0.2, -0.15) is 0 Å². The van der Waals surface area contributed by atoms with E-state index in [2.05, 4.69) is 31.4 Å². The molecule has 1 fully saturated rings. The molecule has 1 aliphatic heterocycles. The molecule has 0 aliphatic carbocycles. The smallest absolute Gasteiger partial charge is 0.317 e. The minimum atomic E-state index is -0.0405. The molecule has 5 nitrogen and oxygen atoms in total. The molecule has 1 saturated heterocycles. The quantitative estimate of drug-likeness (QED) is 0.900. The number of rotatable bonds is 3. The van der Waals surface area contributed by atoms with Crippen molar-refractivity contribution < 1.29 is 9.59 Å². The van der Waals surface area contributed by atoms with E-state index in [-0.39, 0.29) is 23.4 Å². The lowest BCUT2D eigenvalue weighted by Gasteiger charge is -2.33. The van der Waals surface area contributed by atoms with Gasteiger partial charge in [-0.15, -0.1) is 0 Å². The molecule has 0 unspecified atom stereocenters. The Kier molecular flexibility index (Phi) is 5.64. The van der Waals surface area contributed by atoms with Crippen LogP contribution in [-0.2, 0) is 0 Å². The Morgan fingerprint density at radius 2 is 1.74 bits per heavy atom. The van der Waals surface area contributed by atoms with Crippen LogP contribution in [-0.4, -0.2) is 42.5 Å². The zero-order valence-corrected chi connectivity index (χ0v) is 14.3. The molecule has 0 atom stereocenters. The van der Waals surface area contributed by atoms with Crippen molar-refractivity contribution in [2.24, 2.45) is 5.41 Å². The fraction of sp³-hybridized carbons (Fsp3) is 0.556. The molecule has 2 N–H and O–H groups in total. The molecular weight excluding hydrogens is 290 g/mol. The van der Waals surface area contributed by atoms with Gasteiger partial charge in [0.05, 0.1) is 0 Å². The van der Waals surface area contributed by atoms with Gasteiger partial charge in [0, 0.05) is 31.2 Å². The molecule has 1 aromatic carbocycles. The van der Waals surface area contributed by atoms with Gasteiger partial charge in [0.2, 0.25) is 0 Å². The van der Waals surface area contributed by atoms with Crippen LogP contribution in [0.15, 0.2) is 30.3 Å². The van der Waals surface area contributed by atoms with Crippen LogP contribution in [0.2, 0.25) is 0 Å². The number of carbonyl (C=O) groups is 2. The van der Waals surface area contributed by atoms with E-state index in [0.717, 1.165) is 12.8 Å². The first kappa shape index (κ1) is 17.3. The lowest BCUT2D eigenvalue weighted by atomic mass is 9.97. The molecule has 23 heavy (non-hydrogen) atoms. The van der Waals surface area contributed by atoms with Gasteiger partial charge < -0.3 is 15.5 Å². The van der Waals surface area contributed by atoms with Crippen molar-refractivity contribution in [2.75, 3.05) is 19.6 Å². The lowest BCUT2D eigenvalue weighted by Crippen LogP contribution is -2.50. The van der Waals surface area contributed by atoms with Crippen molar-refractivity contribution >= 4 is 11.9 Å². The van der Waals surface area contributed by atoms with Crippen LogP contribution >= 0.6 is 0 Å². The number of benzene rings is 1. The van der Waals surface area contributed by atoms with Crippen molar-refractivity contribution in [1.29, 1.82) is 0 Å². The number of carbonyl (C=O) groups excluding carboxylic acids is 2. The summed E-state index contributed by atoms with van der Waals surface area (Å²) < 4.78 is 0. The number of amides is 3. The van der Waals surface area contributed by atoms with Gasteiger partial charge in [0.15, 0.2) is 0 Å². The van der Waals surface area contributed by atoms with Gasteiger partial charge in [-0.3, -0.25) is 4.79 Å². The van der Waals surface area contributed by atoms with E-state index in [0.29, 0.717) is 25.2 Å². The number of urea groups is 1. The Labute approximate surface area is 138 Å². The SMILES string of the molecule is CC(C)(C)CNC(=O)N1CCC(NC(=O)c2ccccc2)CC1. The zero-order chi connectivity index (χ0) is 16.9. The predicted octanol–water partition coefficient (Wildman–Crippen LogP) is 2.64. The zero-order valence-electron chi connectivity index (χ0n) is 14.3. The summed E-state index contributed by atoms with van der Waals surface area (Å²) in [6, 6.07) is 9.36. The molecule has 0 radical (unpaired) electrons. The van der Waals surface area contributed by atoms with Crippen molar-refractivity contribution in [1.82, 2.24) is 15.5 Å². The Hall–Kier alpha value is -2.04. The highest BCUT2D eigenvalue weighted by Gasteiger charge is 2.24. The highest BCUT2D eigenvalue weighted by molar-refractivity contribution is 5.94. The summed E-state index contributed by atoms with van der Waals surface area (Å²) >= 11 is 0. The third kappa shape index (κ3) is 5.58. The number of hydrogen-bond acceptors (Lipinski definition) is 2. The van der Waals surface area contributed by atoms with E-state index in [1.807, 2.05) is 35.2 Å². The average molecular weight is 317 g/mol. The van der Waals surface area contributed by atoms with Crippen LogP contribution in [0.25, 0.3) is 0 Å². The van der Waals surface area contributed by atoms with Crippen LogP contribution < -0.4 is 10.6 Å². The van der Waals surface area contributed by atoms with Gasteiger partial charge in [-0.1, -0.05) is 39.0 Å². The number of nitrogens with zero attached hydrogens (tertiary/aromatic N) is 1. The number of hydrogen-bond donors (Lipinski definition) is 2. The molecule has 0 saturated carbocycles. The maximum Gasteiger partial charge on any atom is 0.317 e. The largest absolute Gasteiger partial charge is 0.349 e. The molecule has 1 heterocycles. The molecule has 2 rings (SSSR count). The van der Waals surface area contributed by atoms with Crippen LogP contribution in [0.5, 0.6) is 0 Å². The molecule has 3 amide bonds. The van der Waals surface area contributed by atoms with Crippen LogP contribution in [0.1, 0.15) is 44.0 Å². The summed E-state index contributed by atoms with van der Waals surface area (Å²) in [5.41, 5.74) is 0.760. The van der Waals surface area contributed by atoms with Gasteiger partial charge in [0.1, 0.15) is 0 Å². The summed E-state index contributed by atoms with van der Waals surface area (Å²) in [6.07, 6.45) is 1.59. The van der Waals surface area contributed by atoms with Gasteiger partial charge in [-0.05, 0) is 30.4 Å². The summed E-state index contributed by atoms with van der Waals surface area (Å²) in [4.78, 5) is 26.1. The topological polar surface area (TPSA) is 61.4 Å². The van der Waals surface area contributed by atoms with E-state index in [1.54, 1.807) is 0 Å². The number of piperidine rings is 1. The summed E-state index contributed by atoms with van der Waals surface area (Å²) in [5.74, 6) is -0.0405. The molecular formula is C18H27N3O2. The van der Waals surface area contributed by atoms with Crippen LogP contribution in [0.3, 0.4) is 0 Å². The maximum atomic E-state index is 12.1. The molecule has 0 aromatic heterocycles. The molecule has 1 aliphatic rings. The first-order valence-corrected chi connectivity index (χ1v) is 8.24. The van der Waals surface area contributed by atoms with E-state index < -0.39 is 0 Å². The fourth-order valence-electron chi connectivity index (χ4n) is 2.54. The minimum absolute atomic E-state index is 0.00670. The molecule has 126 valence electrons. The predicted molar refractivity (Wildman–Crippen MR) is 91.4 cm³/mol. The second-order valence-electron chi connectivity index (χ2n) is 7.32. The van der Waals surface area contributed by atoms with Crippen molar-refractivity contribution in [3.63, 3.8) is 0 Å². The van der Waals surface area contributed by atoms with Gasteiger partial charge in [-0.25, -0.2) is 4.79 Å². The summed E-state index contributed by atoms with van der Waals surface area (Å²) in [5, 5.41) is 6.03. The van der Waals surface area contributed by atoms with Crippen molar-refractivity contribution in [3.05, 3.63) is 35.9 Å². The fourth-order valence-corrected chi connectivity index (χ4v) is 2.54. The highest BCUT2D eigenvalue weighted by atomic mass is 16.2. The van der Waals surface area contributed by atoms with E-state index in [9.17, 15) is 9.59 Å². The van der Waals surface area contributed by atoms with Crippen molar-refractivity contribution in [2.45, 2.75) is 39.7 Å².